The number of para-hydroxylation sites is 2. The van der Waals surface area contributed by atoms with Crippen LogP contribution in [0, 0.1) is 0 Å². The van der Waals surface area contributed by atoms with Crippen molar-refractivity contribution in [3.63, 3.8) is 0 Å². The van der Waals surface area contributed by atoms with E-state index < -0.39 is 5.41 Å². The standard InChI is InChI=1S/C70H47NO2/c1-69(2)60-24-12-9-20-53(60)54-38-34-50(42-62(54)69)71(49-32-28-44(29-33-49)45-30-36-57-55-21-10-13-26-64(55)72-66(57)40-45)51-35-39-59-63(43-51)70(47-16-5-3-6-17-47,48-18-7-4-8-19-48)61-25-15-23-52(68(59)61)46-31-37-58-56-22-11-14-27-65(56)73-67(58)41-46/h3-43H,1-2H3. The second kappa shape index (κ2) is 15.7. The minimum Gasteiger partial charge on any atom is -0.456 e. The molecule has 0 radical (unpaired) electrons. The van der Waals surface area contributed by atoms with E-state index in [0.29, 0.717) is 0 Å². The van der Waals surface area contributed by atoms with Gasteiger partial charge in [-0.15, -0.1) is 0 Å². The molecule has 0 fully saturated rings. The summed E-state index contributed by atoms with van der Waals surface area (Å²) in [6.07, 6.45) is 0. The fourth-order valence-electron chi connectivity index (χ4n) is 12.8. The summed E-state index contributed by atoms with van der Waals surface area (Å²) in [6.45, 7) is 4.73. The van der Waals surface area contributed by atoms with Gasteiger partial charge in [-0.2, -0.15) is 0 Å². The van der Waals surface area contributed by atoms with Crippen LogP contribution in [0.1, 0.15) is 47.2 Å². The summed E-state index contributed by atoms with van der Waals surface area (Å²) in [5.74, 6) is 0. The van der Waals surface area contributed by atoms with Crippen molar-refractivity contribution in [2.75, 3.05) is 4.90 Å². The van der Waals surface area contributed by atoms with E-state index in [1.165, 1.54) is 61.2 Å². The van der Waals surface area contributed by atoms with E-state index in [4.69, 9.17) is 8.83 Å². The van der Waals surface area contributed by atoms with Crippen LogP contribution in [0.25, 0.3) is 88.4 Å². The number of anilines is 3. The number of benzene rings is 11. The smallest absolute Gasteiger partial charge is 0.136 e. The van der Waals surface area contributed by atoms with E-state index in [-0.39, 0.29) is 5.41 Å². The molecule has 2 heterocycles. The Morgan fingerprint density at radius 1 is 0.301 bits per heavy atom. The molecule has 2 aliphatic carbocycles. The molecule has 73 heavy (non-hydrogen) atoms. The SMILES string of the molecule is CC1(C)c2ccccc2-c2ccc(N(c3ccc(-c4ccc5c(c4)oc4ccccc45)cc3)c3ccc4c(c3)C(c3ccccc3)(c3ccccc3)c3cccc(-c5ccc6c(c5)oc5ccccc56)c3-4)cc21. The largest absolute Gasteiger partial charge is 0.456 e. The van der Waals surface area contributed by atoms with E-state index in [1.54, 1.807) is 0 Å². The molecule has 0 unspecified atom stereocenters. The number of hydrogen-bond acceptors (Lipinski definition) is 3. The first-order chi connectivity index (χ1) is 35.9. The Bertz CT molecular complexity index is 4310. The van der Waals surface area contributed by atoms with Gasteiger partial charge in [0.15, 0.2) is 0 Å². The van der Waals surface area contributed by atoms with E-state index >= 15 is 0 Å². The third-order valence-electron chi connectivity index (χ3n) is 16.2. The van der Waals surface area contributed by atoms with Crippen molar-refractivity contribution in [2.24, 2.45) is 0 Å². The number of rotatable bonds is 7. The molecule has 0 bridgehead atoms. The first-order valence-corrected chi connectivity index (χ1v) is 25.3. The maximum atomic E-state index is 6.52. The van der Waals surface area contributed by atoms with Crippen molar-refractivity contribution in [2.45, 2.75) is 24.7 Å². The van der Waals surface area contributed by atoms with Crippen LogP contribution < -0.4 is 4.90 Å². The second-order valence-electron chi connectivity index (χ2n) is 20.3. The van der Waals surface area contributed by atoms with Crippen molar-refractivity contribution < 1.29 is 8.83 Å². The maximum absolute atomic E-state index is 6.52. The maximum Gasteiger partial charge on any atom is 0.136 e. The van der Waals surface area contributed by atoms with Crippen LogP contribution in [0.5, 0.6) is 0 Å². The highest BCUT2D eigenvalue weighted by Crippen LogP contribution is 2.60. The summed E-state index contributed by atoms with van der Waals surface area (Å²) in [5, 5.41) is 4.52. The lowest BCUT2D eigenvalue weighted by atomic mass is 9.67. The first-order valence-electron chi connectivity index (χ1n) is 25.3. The minimum atomic E-state index is -0.644. The highest BCUT2D eigenvalue weighted by atomic mass is 16.3. The molecule has 344 valence electrons. The van der Waals surface area contributed by atoms with E-state index in [0.717, 1.165) is 77.6 Å². The number of furan rings is 2. The minimum absolute atomic E-state index is 0.177. The lowest BCUT2D eigenvalue weighted by Crippen LogP contribution is -2.28. The van der Waals surface area contributed by atoms with E-state index in [9.17, 15) is 0 Å². The molecule has 3 nitrogen and oxygen atoms in total. The summed E-state index contributed by atoms with van der Waals surface area (Å²) < 4.78 is 12.9. The Balaban J connectivity index is 0.950. The van der Waals surface area contributed by atoms with Gasteiger partial charge in [0.1, 0.15) is 22.3 Å². The molecule has 13 aromatic rings. The Labute approximate surface area is 423 Å². The van der Waals surface area contributed by atoms with Gasteiger partial charge in [-0.25, -0.2) is 0 Å². The van der Waals surface area contributed by atoms with Crippen LogP contribution in [0.2, 0.25) is 0 Å². The lowest BCUT2D eigenvalue weighted by molar-refractivity contribution is 0.660. The van der Waals surface area contributed by atoms with Gasteiger partial charge in [-0.3, -0.25) is 0 Å². The van der Waals surface area contributed by atoms with Crippen LogP contribution in [0.4, 0.5) is 17.1 Å². The van der Waals surface area contributed by atoms with Crippen LogP contribution in [-0.4, -0.2) is 0 Å². The van der Waals surface area contributed by atoms with Gasteiger partial charge in [0.25, 0.3) is 0 Å². The average molecular weight is 934 g/mol. The Kier molecular flexibility index (Phi) is 8.92. The number of nitrogens with zero attached hydrogens (tertiary/aromatic N) is 1. The average Bonchev–Trinajstić information content (AvgIpc) is 4.16. The van der Waals surface area contributed by atoms with Crippen molar-refractivity contribution in [3.05, 3.63) is 282 Å². The van der Waals surface area contributed by atoms with Gasteiger partial charge < -0.3 is 13.7 Å². The van der Waals surface area contributed by atoms with Gasteiger partial charge in [0.2, 0.25) is 0 Å². The summed E-state index contributed by atoms with van der Waals surface area (Å²) in [4.78, 5) is 2.46. The summed E-state index contributed by atoms with van der Waals surface area (Å²) in [7, 11) is 0. The Morgan fingerprint density at radius 2 is 0.781 bits per heavy atom. The van der Waals surface area contributed by atoms with Crippen molar-refractivity contribution in [1.82, 2.24) is 0 Å². The van der Waals surface area contributed by atoms with E-state index in [1.807, 2.05) is 18.2 Å². The van der Waals surface area contributed by atoms with Crippen LogP contribution in [-0.2, 0) is 10.8 Å². The molecular weight excluding hydrogens is 887 g/mol. The molecule has 0 saturated carbocycles. The zero-order chi connectivity index (χ0) is 48.4. The molecule has 0 saturated heterocycles. The summed E-state index contributed by atoms with van der Waals surface area (Å²) in [6, 6.07) is 91.3. The summed E-state index contributed by atoms with van der Waals surface area (Å²) in [5.41, 5.74) is 23.3. The molecular formula is C70H47NO2. The fourth-order valence-corrected chi connectivity index (χ4v) is 12.8. The first kappa shape index (κ1) is 41.6. The van der Waals surface area contributed by atoms with Crippen molar-refractivity contribution in [3.8, 4) is 44.5 Å². The van der Waals surface area contributed by atoms with E-state index in [2.05, 4.69) is 249 Å². The zero-order valence-electron chi connectivity index (χ0n) is 40.4. The fraction of sp³-hybridized carbons (Fsp3) is 0.0571. The third kappa shape index (κ3) is 6.06. The number of fused-ring (bicyclic) bond motifs is 12. The lowest BCUT2D eigenvalue weighted by Gasteiger charge is -2.35. The molecule has 0 aliphatic heterocycles. The zero-order valence-corrected chi connectivity index (χ0v) is 40.4. The van der Waals surface area contributed by atoms with Gasteiger partial charge in [-0.1, -0.05) is 190 Å². The molecule has 2 aromatic heterocycles. The van der Waals surface area contributed by atoms with Crippen molar-refractivity contribution in [1.29, 1.82) is 0 Å². The van der Waals surface area contributed by atoms with Crippen LogP contribution in [0.3, 0.4) is 0 Å². The topological polar surface area (TPSA) is 29.5 Å². The third-order valence-corrected chi connectivity index (χ3v) is 16.2. The summed E-state index contributed by atoms with van der Waals surface area (Å²) >= 11 is 0. The van der Waals surface area contributed by atoms with Gasteiger partial charge in [0, 0.05) is 44.0 Å². The molecule has 0 N–H and O–H groups in total. The molecule has 11 aromatic carbocycles. The number of hydrogen-bond donors (Lipinski definition) is 0. The predicted octanol–water partition coefficient (Wildman–Crippen LogP) is 19.0. The van der Waals surface area contributed by atoms with Gasteiger partial charge >= 0.3 is 0 Å². The van der Waals surface area contributed by atoms with Gasteiger partial charge in [-0.05, 0) is 151 Å². The van der Waals surface area contributed by atoms with Gasteiger partial charge in [0.05, 0.1) is 5.41 Å². The molecule has 0 atom stereocenters. The monoisotopic (exact) mass is 933 g/mol. The molecule has 0 amide bonds. The quantitative estimate of drug-likeness (QED) is 0.159. The van der Waals surface area contributed by atoms with Crippen LogP contribution >= 0.6 is 0 Å². The highest BCUT2D eigenvalue weighted by molar-refractivity contribution is 6.08. The molecule has 15 rings (SSSR count). The molecule has 3 heteroatoms. The Morgan fingerprint density at radius 3 is 1.45 bits per heavy atom. The van der Waals surface area contributed by atoms with Crippen molar-refractivity contribution >= 4 is 60.9 Å². The van der Waals surface area contributed by atoms with Crippen LogP contribution in [0.15, 0.2) is 258 Å². The molecule has 2 aliphatic rings. The highest BCUT2D eigenvalue weighted by Gasteiger charge is 2.47. The Hall–Kier alpha value is -9.18. The normalized spacial score (nSPS) is 13.8. The molecule has 0 spiro atoms. The second-order valence-corrected chi connectivity index (χ2v) is 20.3. The predicted molar refractivity (Wildman–Crippen MR) is 301 cm³/mol.